The molecule has 0 saturated heterocycles. The molecule has 0 aliphatic rings. The normalized spacial score (nSPS) is 9.20. The number of benzene rings is 1. The summed E-state index contributed by atoms with van der Waals surface area (Å²) < 4.78 is 0. The van der Waals surface area contributed by atoms with Gasteiger partial charge in [0.05, 0.1) is 0 Å². The van der Waals surface area contributed by atoms with E-state index in [1.165, 1.54) is 0 Å². The van der Waals surface area contributed by atoms with Crippen LogP contribution in [0.25, 0.3) is 17.0 Å². The first-order valence-electron chi connectivity index (χ1n) is 4.43. The second-order valence-electron chi connectivity index (χ2n) is 3.07. The van der Waals surface area contributed by atoms with E-state index in [2.05, 4.69) is 4.98 Å². The van der Waals surface area contributed by atoms with Crippen molar-refractivity contribution in [2.45, 2.75) is 0 Å². The standard InChI is InChI=1S/C12H7N3/c13-7-9(8-14)6-10-2-1-3-12-11(10)4-5-15-12/h1-6,15H. The number of fused-ring (bicyclic) bond motifs is 1. The van der Waals surface area contributed by atoms with Crippen molar-refractivity contribution in [3.8, 4) is 12.1 Å². The average molecular weight is 193 g/mol. The van der Waals surface area contributed by atoms with Crippen molar-refractivity contribution in [2.24, 2.45) is 0 Å². The van der Waals surface area contributed by atoms with Crippen LogP contribution < -0.4 is 0 Å². The van der Waals surface area contributed by atoms with E-state index in [1.54, 1.807) is 6.08 Å². The monoisotopic (exact) mass is 193 g/mol. The summed E-state index contributed by atoms with van der Waals surface area (Å²) in [6, 6.07) is 11.3. The van der Waals surface area contributed by atoms with Crippen molar-refractivity contribution >= 4 is 17.0 Å². The lowest BCUT2D eigenvalue weighted by Crippen LogP contribution is -1.77. The van der Waals surface area contributed by atoms with E-state index in [1.807, 2.05) is 42.6 Å². The Hall–Kier alpha value is -2.52. The molecule has 2 rings (SSSR count). The summed E-state index contributed by atoms with van der Waals surface area (Å²) in [6.07, 6.45) is 3.43. The van der Waals surface area contributed by atoms with Crippen molar-refractivity contribution in [2.75, 3.05) is 0 Å². The molecule has 2 aromatic rings. The highest BCUT2D eigenvalue weighted by Crippen LogP contribution is 2.19. The van der Waals surface area contributed by atoms with Gasteiger partial charge in [0.1, 0.15) is 17.7 Å². The fraction of sp³-hybridized carbons (Fsp3) is 0. The SMILES string of the molecule is N#CC(C#N)=Cc1cccc2[nH]ccc12. The van der Waals surface area contributed by atoms with Gasteiger partial charge in [-0.15, -0.1) is 0 Å². The summed E-state index contributed by atoms with van der Waals surface area (Å²) in [5.74, 6) is 0. The minimum atomic E-state index is 0.115. The molecule has 1 N–H and O–H groups in total. The third kappa shape index (κ3) is 1.59. The zero-order valence-corrected chi connectivity index (χ0v) is 7.86. The van der Waals surface area contributed by atoms with Crippen molar-refractivity contribution < 1.29 is 0 Å². The summed E-state index contributed by atoms with van der Waals surface area (Å²) >= 11 is 0. The molecule has 0 aliphatic carbocycles. The number of hydrogen-bond acceptors (Lipinski definition) is 2. The Morgan fingerprint density at radius 2 is 2.00 bits per heavy atom. The van der Waals surface area contributed by atoms with E-state index in [0.29, 0.717) is 0 Å². The molecule has 1 aromatic carbocycles. The fourth-order valence-corrected chi connectivity index (χ4v) is 1.48. The van der Waals surface area contributed by atoms with E-state index in [0.717, 1.165) is 16.5 Å². The molecular weight excluding hydrogens is 186 g/mol. The van der Waals surface area contributed by atoms with Crippen LogP contribution in [0.3, 0.4) is 0 Å². The van der Waals surface area contributed by atoms with Gasteiger partial charge in [0.2, 0.25) is 0 Å². The van der Waals surface area contributed by atoms with Crippen LogP contribution in [0.5, 0.6) is 0 Å². The van der Waals surface area contributed by atoms with Crippen molar-refractivity contribution in [1.82, 2.24) is 4.98 Å². The molecule has 3 heteroatoms. The molecular formula is C12H7N3. The van der Waals surface area contributed by atoms with Crippen LogP contribution in [0.2, 0.25) is 0 Å². The van der Waals surface area contributed by atoms with Gasteiger partial charge in [-0.05, 0) is 23.8 Å². The van der Waals surface area contributed by atoms with Gasteiger partial charge in [0.15, 0.2) is 0 Å². The lowest BCUT2D eigenvalue weighted by atomic mass is 10.1. The third-order valence-electron chi connectivity index (χ3n) is 2.17. The van der Waals surface area contributed by atoms with Crippen molar-refractivity contribution in [3.63, 3.8) is 0 Å². The number of nitrogens with zero attached hydrogens (tertiary/aromatic N) is 2. The number of allylic oxidation sites excluding steroid dienone is 1. The molecule has 15 heavy (non-hydrogen) atoms. The van der Waals surface area contributed by atoms with Crippen molar-refractivity contribution in [3.05, 3.63) is 41.6 Å². The molecule has 70 valence electrons. The Balaban J connectivity index is 2.64. The van der Waals surface area contributed by atoms with Gasteiger partial charge in [-0.25, -0.2) is 0 Å². The first-order chi connectivity index (χ1) is 7.35. The number of hydrogen-bond donors (Lipinski definition) is 1. The number of rotatable bonds is 1. The van der Waals surface area contributed by atoms with Gasteiger partial charge >= 0.3 is 0 Å². The fourth-order valence-electron chi connectivity index (χ4n) is 1.48. The molecule has 1 heterocycles. The molecule has 1 aromatic heterocycles. The van der Waals surface area contributed by atoms with E-state index < -0.39 is 0 Å². The number of H-pyrrole nitrogens is 1. The van der Waals surface area contributed by atoms with E-state index in [4.69, 9.17) is 10.5 Å². The van der Waals surface area contributed by atoms with Gasteiger partial charge < -0.3 is 4.98 Å². The molecule has 0 bridgehead atoms. The molecule has 0 amide bonds. The number of aromatic amines is 1. The summed E-state index contributed by atoms with van der Waals surface area (Å²) in [6.45, 7) is 0. The summed E-state index contributed by atoms with van der Waals surface area (Å²) in [5, 5.41) is 18.3. The molecule has 0 atom stereocenters. The van der Waals surface area contributed by atoms with Gasteiger partial charge in [-0.2, -0.15) is 10.5 Å². The predicted molar refractivity (Wildman–Crippen MR) is 57.5 cm³/mol. The third-order valence-corrected chi connectivity index (χ3v) is 2.17. The highest BCUT2D eigenvalue weighted by atomic mass is 14.7. The first-order valence-corrected chi connectivity index (χ1v) is 4.43. The number of nitriles is 2. The largest absolute Gasteiger partial charge is 0.361 e. The van der Waals surface area contributed by atoms with Gasteiger partial charge in [0.25, 0.3) is 0 Å². The molecule has 0 saturated carbocycles. The molecule has 0 unspecified atom stereocenters. The number of nitrogens with one attached hydrogen (secondary N) is 1. The van der Waals surface area contributed by atoms with Gasteiger partial charge in [-0.1, -0.05) is 12.1 Å². The Morgan fingerprint density at radius 3 is 2.73 bits per heavy atom. The quantitative estimate of drug-likeness (QED) is 0.707. The Bertz CT molecular complexity index is 590. The highest BCUT2D eigenvalue weighted by molar-refractivity contribution is 5.89. The van der Waals surface area contributed by atoms with E-state index in [9.17, 15) is 0 Å². The minimum Gasteiger partial charge on any atom is -0.361 e. The molecule has 3 nitrogen and oxygen atoms in total. The maximum absolute atomic E-state index is 8.66. The van der Waals surface area contributed by atoms with Gasteiger partial charge in [0, 0.05) is 17.1 Å². The molecule has 0 aliphatic heterocycles. The lowest BCUT2D eigenvalue weighted by Gasteiger charge is -1.95. The van der Waals surface area contributed by atoms with Crippen LogP contribution in [0.4, 0.5) is 0 Å². The smallest absolute Gasteiger partial charge is 0.130 e. The van der Waals surface area contributed by atoms with Crippen LogP contribution in [0.15, 0.2) is 36.0 Å². The van der Waals surface area contributed by atoms with Crippen LogP contribution >= 0.6 is 0 Å². The topological polar surface area (TPSA) is 63.4 Å². The Morgan fingerprint density at radius 1 is 1.20 bits per heavy atom. The summed E-state index contributed by atoms with van der Waals surface area (Å²) in [5.41, 5.74) is 1.99. The lowest BCUT2D eigenvalue weighted by molar-refractivity contribution is 1.47. The minimum absolute atomic E-state index is 0.115. The maximum Gasteiger partial charge on any atom is 0.130 e. The average Bonchev–Trinajstić information content (AvgIpc) is 2.74. The molecule has 0 radical (unpaired) electrons. The Labute approximate surface area is 86.9 Å². The van der Waals surface area contributed by atoms with Crippen molar-refractivity contribution in [1.29, 1.82) is 10.5 Å². The Kier molecular flexibility index (Phi) is 2.23. The van der Waals surface area contributed by atoms with Crippen LogP contribution in [-0.2, 0) is 0 Å². The second kappa shape index (κ2) is 3.69. The van der Waals surface area contributed by atoms with Crippen LogP contribution in [0.1, 0.15) is 5.56 Å². The van der Waals surface area contributed by atoms with E-state index >= 15 is 0 Å². The predicted octanol–water partition coefficient (Wildman–Crippen LogP) is 2.60. The highest BCUT2D eigenvalue weighted by Gasteiger charge is 2.00. The molecule has 0 spiro atoms. The maximum atomic E-state index is 8.66. The van der Waals surface area contributed by atoms with Gasteiger partial charge in [-0.3, -0.25) is 0 Å². The van der Waals surface area contributed by atoms with Crippen LogP contribution in [-0.4, -0.2) is 4.98 Å². The zero-order valence-electron chi connectivity index (χ0n) is 7.86. The first kappa shape index (κ1) is 9.05. The molecule has 0 fully saturated rings. The summed E-state index contributed by atoms with van der Waals surface area (Å²) in [7, 11) is 0. The van der Waals surface area contributed by atoms with E-state index in [-0.39, 0.29) is 5.57 Å². The van der Waals surface area contributed by atoms with Crippen LogP contribution in [0, 0.1) is 22.7 Å². The zero-order chi connectivity index (χ0) is 10.7. The summed E-state index contributed by atoms with van der Waals surface area (Å²) in [4.78, 5) is 3.07. The second-order valence-corrected chi connectivity index (χ2v) is 3.07. The number of aromatic nitrogens is 1.